The first-order chi connectivity index (χ1) is 15.0. The van der Waals surface area contributed by atoms with E-state index in [1.54, 1.807) is 29.8 Å². The highest BCUT2D eigenvalue weighted by Crippen LogP contribution is 2.28. The van der Waals surface area contributed by atoms with Gasteiger partial charge in [0, 0.05) is 31.5 Å². The molecule has 2 aromatic carbocycles. The zero-order valence-electron chi connectivity index (χ0n) is 17.7. The molecule has 1 saturated heterocycles. The quantitative estimate of drug-likeness (QED) is 0.563. The third-order valence-electron chi connectivity index (χ3n) is 5.46. The molecule has 1 atom stereocenters. The van der Waals surface area contributed by atoms with Gasteiger partial charge in [-0.15, -0.1) is 10.2 Å². The Morgan fingerprint density at radius 1 is 1.06 bits per heavy atom. The Morgan fingerprint density at radius 3 is 2.48 bits per heavy atom. The molecule has 3 aromatic rings. The number of halogens is 1. The van der Waals surface area contributed by atoms with E-state index in [0.29, 0.717) is 16.5 Å². The fraction of sp³-hybridized carbons (Fsp3) is 0.348. The highest BCUT2D eigenvalue weighted by atomic mass is 32.2. The highest BCUT2D eigenvalue weighted by molar-refractivity contribution is 8.00. The second-order valence-corrected chi connectivity index (χ2v) is 9.00. The van der Waals surface area contributed by atoms with Gasteiger partial charge in [-0.2, -0.15) is 0 Å². The molecule has 162 valence electrons. The van der Waals surface area contributed by atoms with Crippen LogP contribution in [0.15, 0.2) is 53.7 Å². The molecule has 8 heteroatoms. The van der Waals surface area contributed by atoms with E-state index >= 15 is 0 Å². The Hall–Kier alpha value is -2.87. The maximum absolute atomic E-state index is 14.1. The van der Waals surface area contributed by atoms with Crippen molar-refractivity contribution in [1.82, 2.24) is 14.8 Å². The van der Waals surface area contributed by atoms with Gasteiger partial charge < -0.3 is 14.8 Å². The maximum atomic E-state index is 14.1. The van der Waals surface area contributed by atoms with Gasteiger partial charge in [-0.1, -0.05) is 23.9 Å². The van der Waals surface area contributed by atoms with E-state index in [4.69, 9.17) is 0 Å². The summed E-state index contributed by atoms with van der Waals surface area (Å²) in [7, 11) is 1.77. The first-order valence-corrected chi connectivity index (χ1v) is 11.4. The molecule has 6 nitrogen and oxygen atoms in total. The molecular weight excluding hydrogens is 413 g/mol. The Bertz CT molecular complexity index is 1050. The molecule has 0 saturated carbocycles. The van der Waals surface area contributed by atoms with Gasteiger partial charge in [-0.05, 0) is 62.6 Å². The zero-order valence-corrected chi connectivity index (χ0v) is 18.5. The molecule has 0 bridgehead atoms. The molecule has 0 aliphatic carbocycles. The standard InChI is InChI=1S/C23H26FN5OS/c1-16(31-23-27-26-21(28(23)2)19-8-4-5-9-20(19)24)22(30)25-17-10-12-18(13-11-17)29-14-6-3-7-15-29/h4-5,8-13,16H,3,6-7,14-15H2,1-2H3,(H,25,30). The summed E-state index contributed by atoms with van der Waals surface area (Å²) in [6.45, 7) is 4.00. The van der Waals surface area contributed by atoms with Gasteiger partial charge in [0.05, 0.1) is 10.8 Å². The van der Waals surface area contributed by atoms with Crippen LogP contribution >= 0.6 is 11.8 Å². The van der Waals surface area contributed by atoms with Gasteiger partial charge in [0.1, 0.15) is 5.82 Å². The van der Waals surface area contributed by atoms with Gasteiger partial charge in [0.15, 0.2) is 11.0 Å². The van der Waals surface area contributed by atoms with Crippen molar-refractivity contribution in [2.45, 2.75) is 36.6 Å². The molecule has 1 aromatic heterocycles. The lowest BCUT2D eigenvalue weighted by Gasteiger charge is -2.28. The third kappa shape index (κ3) is 4.90. The Morgan fingerprint density at radius 2 is 1.77 bits per heavy atom. The topological polar surface area (TPSA) is 63.1 Å². The lowest BCUT2D eigenvalue weighted by atomic mass is 10.1. The van der Waals surface area contributed by atoms with Crippen LogP contribution in [0.25, 0.3) is 11.4 Å². The summed E-state index contributed by atoms with van der Waals surface area (Å²) >= 11 is 1.29. The minimum Gasteiger partial charge on any atom is -0.372 e. The van der Waals surface area contributed by atoms with Crippen molar-refractivity contribution in [1.29, 1.82) is 0 Å². The molecular formula is C23H26FN5OS. The molecule has 1 unspecified atom stereocenters. The van der Waals surface area contributed by atoms with E-state index < -0.39 is 5.25 Å². The van der Waals surface area contributed by atoms with Crippen LogP contribution in [0.1, 0.15) is 26.2 Å². The zero-order chi connectivity index (χ0) is 21.8. The summed E-state index contributed by atoms with van der Waals surface area (Å²) in [6.07, 6.45) is 3.76. The summed E-state index contributed by atoms with van der Waals surface area (Å²) in [4.78, 5) is 15.1. The largest absolute Gasteiger partial charge is 0.372 e. The van der Waals surface area contributed by atoms with E-state index in [2.05, 4.69) is 32.5 Å². The van der Waals surface area contributed by atoms with Crippen molar-refractivity contribution in [3.63, 3.8) is 0 Å². The number of nitrogens with zero attached hydrogens (tertiary/aromatic N) is 4. The molecule has 1 fully saturated rings. The lowest BCUT2D eigenvalue weighted by Crippen LogP contribution is -2.29. The Labute approximate surface area is 185 Å². The highest BCUT2D eigenvalue weighted by Gasteiger charge is 2.20. The number of benzene rings is 2. The summed E-state index contributed by atoms with van der Waals surface area (Å²) < 4.78 is 15.8. The lowest BCUT2D eigenvalue weighted by molar-refractivity contribution is -0.115. The number of amides is 1. The van der Waals surface area contributed by atoms with Crippen molar-refractivity contribution < 1.29 is 9.18 Å². The van der Waals surface area contributed by atoms with Crippen molar-refractivity contribution in [3.05, 3.63) is 54.3 Å². The Balaban J connectivity index is 1.38. The second kappa shape index (κ2) is 9.51. The van der Waals surface area contributed by atoms with Crippen LogP contribution in [0.5, 0.6) is 0 Å². The van der Waals surface area contributed by atoms with Crippen LogP contribution in [-0.2, 0) is 11.8 Å². The average Bonchev–Trinajstić information content (AvgIpc) is 3.15. The van der Waals surface area contributed by atoms with Gasteiger partial charge in [0.25, 0.3) is 0 Å². The van der Waals surface area contributed by atoms with Gasteiger partial charge in [0.2, 0.25) is 5.91 Å². The van der Waals surface area contributed by atoms with E-state index in [-0.39, 0.29) is 11.7 Å². The number of piperidine rings is 1. The van der Waals surface area contributed by atoms with Crippen molar-refractivity contribution in [3.8, 4) is 11.4 Å². The molecule has 2 heterocycles. The smallest absolute Gasteiger partial charge is 0.237 e. The second-order valence-electron chi connectivity index (χ2n) is 7.69. The number of hydrogen-bond acceptors (Lipinski definition) is 5. The molecule has 1 aliphatic heterocycles. The van der Waals surface area contributed by atoms with Gasteiger partial charge >= 0.3 is 0 Å². The number of aromatic nitrogens is 3. The summed E-state index contributed by atoms with van der Waals surface area (Å²) in [5.74, 6) is -0.0407. The van der Waals surface area contributed by atoms with E-state index in [1.807, 2.05) is 19.1 Å². The van der Waals surface area contributed by atoms with Crippen LogP contribution in [0.3, 0.4) is 0 Å². The van der Waals surface area contributed by atoms with Crippen LogP contribution in [0.4, 0.5) is 15.8 Å². The van der Waals surface area contributed by atoms with Crippen LogP contribution < -0.4 is 10.2 Å². The van der Waals surface area contributed by atoms with Crippen LogP contribution in [0.2, 0.25) is 0 Å². The van der Waals surface area contributed by atoms with E-state index in [1.165, 1.54) is 42.8 Å². The van der Waals surface area contributed by atoms with Crippen molar-refractivity contribution in [2.75, 3.05) is 23.3 Å². The first-order valence-electron chi connectivity index (χ1n) is 10.5. The SMILES string of the molecule is CC(Sc1nnc(-c2ccccc2F)n1C)C(=O)Nc1ccc(N2CCCCC2)cc1. The molecule has 1 N–H and O–H groups in total. The van der Waals surface area contributed by atoms with Crippen molar-refractivity contribution in [2.24, 2.45) is 7.05 Å². The fourth-order valence-corrected chi connectivity index (χ4v) is 4.47. The minimum atomic E-state index is -0.391. The van der Waals surface area contributed by atoms with Crippen LogP contribution in [-0.4, -0.2) is 39.0 Å². The molecule has 31 heavy (non-hydrogen) atoms. The minimum absolute atomic E-state index is 0.119. The van der Waals surface area contributed by atoms with Gasteiger partial charge in [-0.3, -0.25) is 4.79 Å². The molecule has 1 amide bonds. The van der Waals surface area contributed by atoms with Gasteiger partial charge in [-0.25, -0.2) is 4.39 Å². The predicted molar refractivity (Wildman–Crippen MR) is 123 cm³/mol. The third-order valence-corrected chi connectivity index (χ3v) is 6.59. The normalized spacial score (nSPS) is 15.0. The van der Waals surface area contributed by atoms with Crippen molar-refractivity contribution >= 4 is 29.0 Å². The molecule has 1 aliphatic rings. The number of hydrogen-bond donors (Lipinski definition) is 1. The summed E-state index contributed by atoms with van der Waals surface area (Å²) in [5, 5.41) is 11.4. The number of anilines is 2. The summed E-state index contributed by atoms with van der Waals surface area (Å²) in [5.41, 5.74) is 2.35. The number of rotatable bonds is 6. The number of thioether (sulfide) groups is 1. The predicted octanol–water partition coefficient (Wildman–Crippen LogP) is 4.73. The fourth-order valence-electron chi connectivity index (χ4n) is 3.66. The maximum Gasteiger partial charge on any atom is 0.237 e. The van der Waals surface area contributed by atoms with Crippen LogP contribution in [0, 0.1) is 5.82 Å². The number of carbonyl (C=O) groups is 1. The number of nitrogens with one attached hydrogen (secondary N) is 1. The average molecular weight is 440 g/mol. The summed E-state index contributed by atoms with van der Waals surface area (Å²) in [6, 6.07) is 14.4. The monoisotopic (exact) mass is 439 g/mol. The van der Waals surface area contributed by atoms with E-state index in [9.17, 15) is 9.18 Å². The molecule has 0 radical (unpaired) electrons. The van der Waals surface area contributed by atoms with E-state index in [0.717, 1.165) is 18.8 Å². The first kappa shape index (κ1) is 21.4. The molecule has 4 rings (SSSR count). The molecule has 0 spiro atoms. The Kier molecular flexibility index (Phi) is 6.56. The number of carbonyl (C=O) groups excluding carboxylic acids is 1.